The van der Waals surface area contributed by atoms with Crippen LogP contribution in [0.15, 0.2) is 170 Å². The lowest BCUT2D eigenvalue weighted by Gasteiger charge is -2.33. The minimum absolute atomic E-state index is 0.0513. The van der Waals surface area contributed by atoms with Crippen molar-refractivity contribution in [2.45, 2.75) is 71.6 Å². The molecular formula is C59H52N2. The second kappa shape index (κ2) is 13.2. The molecule has 2 heteroatoms. The first-order chi connectivity index (χ1) is 29.3. The molecule has 2 nitrogen and oxygen atoms in total. The number of nitrogens with zero attached hydrogens (tertiary/aromatic N) is 2. The Hall–Kier alpha value is -6.64. The smallest absolute Gasteiger partial charge is 0.0541 e. The molecule has 0 unspecified atom stereocenters. The van der Waals surface area contributed by atoms with Gasteiger partial charge in [0.1, 0.15) is 0 Å². The number of aryl methyl sites for hydroxylation is 1. The molecule has 0 spiro atoms. The summed E-state index contributed by atoms with van der Waals surface area (Å²) in [5.41, 5.74) is 23.0. The van der Waals surface area contributed by atoms with Gasteiger partial charge in [0.05, 0.1) is 16.7 Å². The van der Waals surface area contributed by atoms with Gasteiger partial charge < -0.3 is 9.47 Å². The lowest BCUT2D eigenvalue weighted by Crippen LogP contribution is -2.22. The van der Waals surface area contributed by atoms with Crippen molar-refractivity contribution in [2.24, 2.45) is 0 Å². The number of aromatic nitrogens is 1. The van der Waals surface area contributed by atoms with Crippen molar-refractivity contribution in [3.05, 3.63) is 203 Å². The summed E-state index contributed by atoms with van der Waals surface area (Å²) in [5.74, 6) is 0. The van der Waals surface area contributed by atoms with Crippen LogP contribution < -0.4 is 4.90 Å². The third-order valence-corrected chi connectivity index (χ3v) is 14.0. The molecule has 0 radical (unpaired) electrons. The molecule has 0 amide bonds. The molecule has 8 aromatic carbocycles. The lowest BCUT2D eigenvalue weighted by atomic mass is 9.78. The first kappa shape index (κ1) is 37.4. The maximum absolute atomic E-state index is 2.53. The monoisotopic (exact) mass is 788 g/mol. The first-order valence-corrected chi connectivity index (χ1v) is 21.9. The predicted molar refractivity (Wildman–Crippen MR) is 259 cm³/mol. The normalized spacial score (nSPS) is 14.5. The van der Waals surface area contributed by atoms with E-state index >= 15 is 0 Å². The zero-order valence-electron chi connectivity index (χ0n) is 36.6. The molecule has 11 rings (SSSR count). The van der Waals surface area contributed by atoms with Gasteiger partial charge in [-0.2, -0.15) is 0 Å². The van der Waals surface area contributed by atoms with Crippen LogP contribution in [0.25, 0.3) is 60.9 Å². The largest absolute Gasteiger partial charge is 0.310 e. The summed E-state index contributed by atoms with van der Waals surface area (Å²) in [6, 6.07) is 63.8. The molecule has 298 valence electrons. The summed E-state index contributed by atoms with van der Waals surface area (Å²) in [4.78, 5) is 2.53. The highest BCUT2D eigenvalue weighted by Crippen LogP contribution is 2.56. The number of hydrogen-bond acceptors (Lipinski definition) is 1. The van der Waals surface area contributed by atoms with Crippen LogP contribution in [-0.2, 0) is 16.2 Å². The number of anilines is 3. The zero-order chi connectivity index (χ0) is 42.0. The van der Waals surface area contributed by atoms with Crippen molar-refractivity contribution in [1.82, 2.24) is 4.57 Å². The maximum Gasteiger partial charge on any atom is 0.0541 e. The molecule has 0 atom stereocenters. The molecule has 1 aromatic heterocycles. The molecular weight excluding hydrogens is 737 g/mol. The van der Waals surface area contributed by atoms with Crippen molar-refractivity contribution >= 4 is 38.9 Å². The Kier molecular flexibility index (Phi) is 8.07. The van der Waals surface area contributed by atoms with E-state index in [4.69, 9.17) is 0 Å². The molecule has 0 saturated heterocycles. The van der Waals surface area contributed by atoms with E-state index in [1.165, 1.54) is 106 Å². The van der Waals surface area contributed by atoms with Gasteiger partial charge in [-0.3, -0.25) is 0 Å². The van der Waals surface area contributed by atoms with E-state index in [2.05, 4.69) is 235 Å². The molecule has 0 N–H and O–H groups in total. The SMILES string of the molecule is Cc1cc2c(cc1C(C)(C)C)-c1cccc(N(c3ccc(-c4ccc5c(c4)c4ccccc4n5-c4ccccc4)cc3)c3ccc4c(c3)C(C)(C)c3ccccc3-4)c1C2(C)C. The quantitative estimate of drug-likeness (QED) is 0.169. The van der Waals surface area contributed by atoms with Gasteiger partial charge in [-0.15, -0.1) is 0 Å². The molecule has 9 aromatic rings. The fourth-order valence-corrected chi connectivity index (χ4v) is 11.1. The first-order valence-electron chi connectivity index (χ1n) is 21.9. The third-order valence-electron chi connectivity index (χ3n) is 14.0. The van der Waals surface area contributed by atoms with Gasteiger partial charge in [0.25, 0.3) is 0 Å². The van der Waals surface area contributed by atoms with E-state index in [-0.39, 0.29) is 16.2 Å². The average Bonchev–Trinajstić information content (AvgIpc) is 3.80. The van der Waals surface area contributed by atoms with E-state index in [0.29, 0.717) is 0 Å². The molecule has 61 heavy (non-hydrogen) atoms. The van der Waals surface area contributed by atoms with Crippen LogP contribution in [0.5, 0.6) is 0 Å². The van der Waals surface area contributed by atoms with E-state index in [1.807, 2.05) is 0 Å². The van der Waals surface area contributed by atoms with Gasteiger partial charge in [-0.05, 0) is 140 Å². The van der Waals surface area contributed by atoms with E-state index in [9.17, 15) is 0 Å². The highest BCUT2D eigenvalue weighted by Gasteiger charge is 2.41. The van der Waals surface area contributed by atoms with Gasteiger partial charge >= 0.3 is 0 Å². The van der Waals surface area contributed by atoms with Crippen LogP contribution in [0, 0.1) is 6.92 Å². The zero-order valence-corrected chi connectivity index (χ0v) is 36.6. The van der Waals surface area contributed by atoms with Gasteiger partial charge in [0.15, 0.2) is 0 Å². The molecule has 0 fully saturated rings. The molecule has 1 heterocycles. The van der Waals surface area contributed by atoms with Crippen molar-refractivity contribution in [2.75, 3.05) is 4.90 Å². The van der Waals surface area contributed by atoms with E-state index in [0.717, 1.165) is 5.69 Å². The van der Waals surface area contributed by atoms with Crippen LogP contribution in [0.1, 0.15) is 81.8 Å². The van der Waals surface area contributed by atoms with Crippen molar-refractivity contribution in [3.8, 4) is 39.1 Å². The third kappa shape index (κ3) is 5.54. The van der Waals surface area contributed by atoms with Gasteiger partial charge in [-0.1, -0.05) is 158 Å². The maximum atomic E-state index is 2.53. The second-order valence-corrected chi connectivity index (χ2v) is 19.5. The van der Waals surface area contributed by atoms with Crippen LogP contribution in [0.4, 0.5) is 17.1 Å². The summed E-state index contributed by atoms with van der Waals surface area (Å²) in [5, 5.41) is 2.52. The lowest BCUT2D eigenvalue weighted by molar-refractivity contribution is 0.584. The molecule has 0 bridgehead atoms. The molecule has 0 saturated carbocycles. The number of fused-ring (bicyclic) bond motifs is 9. The van der Waals surface area contributed by atoms with Crippen molar-refractivity contribution < 1.29 is 0 Å². The highest BCUT2D eigenvalue weighted by atomic mass is 15.1. The predicted octanol–water partition coefficient (Wildman–Crippen LogP) is 16.1. The minimum Gasteiger partial charge on any atom is -0.310 e. The summed E-state index contributed by atoms with van der Waals surface area (Å²) in [6.45, 7) is 18.9. The van der Waals surface area contributed by atoms with Gasteiger partial charge in [0, 0.05) is 38.7 Å². The van der Waals surface area contributed by atoms with Crippen LogP contribution in [-0.4, -0.2) is 4.57 Å². The number of benzene rings is 8. The molecule has 2 aliphatic rings. The highest BCUT2D eigenvalue weighted by molar-refractivity contribution is 6.10. The van der Waals surface area contributed by atoms with Gasteiger partial charge in [0.2, 0.25) is 0 Å². The van der Waals surface area contributed by atoms with Crippen LogP contribution >= 0.6 is 0 Å². The Morgan fingerprint density at radius 3 is 1.89 bits per heavy atom. The summed E-state index contributed by atoms with van der Waals surface area (Å²) in [7, 11) is 0. The van der Waals surface area contributed by atoms with Crippen molar-refractivity contribution in [3.63, 3.8) is 0 Å². The Labute approximate surface area is 360 Å². The van der Waals surface area contributed by atoms with Crippen LogP contribution in [0.2, 0.25) is 0 Å². The average molecular weight is 789 g/mol. The van der Waals surface area contributed by atoms with Crippen LogP contribution in [0.3, 0.4) is 0 Å². The van der Waals surface area contributed by atoms with Gasteiger partial charge in [-0.25, -0.2) is 0 Å². The summed E-state index contributed by atoms with van der Waals surface area (Å²) < 4.78 is 2.38. The summed E-state index contributed by atoms with van der Waals surface area (Å²) >= 11 is 0. The van der Waals surface area contributed by atoms with E-state index in [1.54, 1.807) is 0 Å². The second-order valence-electron chi connectivity index (χ2n) is 19.5. The number of para-hydroxylation sites is 2. The fraction of sp³-hybridized carbons (Fsp3) is 0.186. The van der Waals surface area contributed by atoms with E-state index < -0.39 is 0 Å². The Balaban J connectivity index is 1.08. The minimum atomic E-state index is -0.207. The number of hydrogen-bond donors (Lipinski definition) is 0. The number of rotatable bonds is 5. The molecule has 2 aliphatic carbocycles. The van der Waals surface area contributed by atoms with Crippen molar-refractivity contribution in [1.29, 1.82) is 0 Å². The molecule has 0 aliphatic heterocycles. The summed E-state index contributed by atoms with van der Waals surface area (Å²) in [6.07, 6.45) is 0. The Bertz CT molecular complexity index is 3220. The Morgan fingerprint density at radius 1 is 0.459 bits per heavy atom. The topological polar surface area (TPSA) is 8.17 Å². The standard InChI is InChI=1S/C59H52N2/c1-37-33-51-47(36-50(37)57(2,3)4)46-21-16-24-55(56(46)59(51,7)8)60(42-30-31-44-43-19-12-14-22-49(43)58(5,6)52(44)35-42)41-28-25-38(26-29-41)39-27-32-54-48(34-39)45-20-13-15-23-53(45)61(54)40-17-10-9-11-18-40/h9-36H,1-8H3. The fourth-order valence-electron chi connectivity index (χ4n) is 11.1. The Morgan fingerprint density at radius 2 is 1.10 bits per heavy atom.